The smallest absolute Gasteiger partial charge is 0.339 e. The van der Waals surface area contributed by atoms with Gasteiger partial charge in [-0.15, -0.1) is 0 Å². The summed E-state index contributed by atoms with van der Waals surface area (Å²) in [6, 6.07) is 8.42. The molecule has 0 spiro atoms. The Morgan fingerprint density at radius 3 is 2.27 bits per heavy atom. The molecule has 228 valence electrons. The molecule has 2 aromatic heterocycles. The fourth-order valence-electron chi connectivity index (χ4n) is 3.78. The van der Waals surface area contributed by atoms with E-state index in [0.29, 0.717) is 0 Å². The number of hydrogen-bond donors (Lipinski definition) is 5. The molecule has 0 radical (unpaired) electrons. The van der Waals surface area contributed by atoms with Gasteiger partial charge in [0.2, 0.25) is 15.8 Å². The number of aromatic carboxylic acids is 1. The van der Waals surface area contributed by atoms with Crippen LogP contribution in [-0.2, 0) is 21.4 Å². The highest BCUT2D eigenvalue weighted by Gasteiger charge is 2.30. The van der Waals surface area contributed by atoms with E-state index in [4.69, 9.17) is 32.7 Å². The molecule has 17 heteroatoms. The monoisotopic (exact) mass is 662 g/mol. The number of hydrogen-bond acceptors (Lipinski definition) is 10. The van der Waals surface area contributed by atoms with Gasteiger partial charge in [-0.25, -0.2) is 22.9 Å². The molecule has 14 nitrogen and oxygen atoms in total. The molecule has 0 aliphatic rings. The number of phenols is 1. The van der Waals surface area contributed by atoms with Crippen LogP contribution < -0.4 is 10.0 Å². The number of nitrogens with zero attached hydrogens (tertiary/aromatic N) is 2. The second-order valence-electron chi connectivity index (χ2n) is 8.96. The van der Waals surface area contributed by atoms with E-state index in [1.54, 1.807) is 18.2 Å². The molecule has 5 N–H and O–H groups in total. The zero-order chi connectivity index (χ0) is 32.2. The fraction of sp³-hybridized carbons (Fsp3) is 0.111. The van der Waals surface area contributed by atoms with Gasteiger partial charge >= 0.3 is 11.9 Å². The number of sulfonamides is 1. The second kappa shape index (κ2) is 13.2. The number of amides is 1. The van der Waals surface area contributed by atoms with Crippen LogP contribution in [0.1, 0.15) is 43.5 Å². The number of aromatic nitrogens is 2. The lowest BCUT2D eigenvalue weighted by Crippen LogP contribution is -2.42. The average molecular weight is 663 g/mol. The molecule has 0 saturated heterocycles. The number of carbonyl (C=O) groups is 4. The van der Waals surface area contributed by atoms with Crippen molar-refractivity contribution < 1.29 is 47.3 Å². The number of nitrogens with one attached hydrogen (secondary N) is 2. The predicted octanol–water partition coefficient (Wildman–Crippen LogP) is 3.38. The summed E-state index contributed by atoms with van der Waals surface area (Å²) in [6.45, 7) is -0.352. The number of halogens is 2. The molecule has 1 atom stereocenters. The first-order valence-corrected chi connectivity index (χ1v) is 14.5. The Labute approximate surface area is 258 Å². The van der Waals surface area contributed by atoms with E-state index < -0.39 is 68.2 Å². The lowest BCUT2D eigenvalue weighted by molar-refractivity contribution is -0.137. The first-order chi connectivity index (χ1) is 20.8. The number of pyridine rings is 1. The van der Waals surface area contributed by atoms with Crippen LogP contribution >= 0.6 is 23.2 Å². The van der Waals surface area contributed by atoms with Crippen LogP contribution in [0.5, 0.6) is 5.75 Å². The molecule has 2 aromatic carbocycles. The minimum absolute atomic E-state index is 0.0486. The molecule has 0 saturated carbocycles. The number of carboxylic acid groups (broad SMARTS) is 2. The van der Waals surface area contributed by atoms with Crippen molar-refractivity contribution in [2.24, 2.45) is 0 Å². The van der Waals surface area contributed by atoms with Crippen molar-refractivity contribution in [3.8, 4) is 17.1 Å². The molecule has 0 unspecified atom stereocenters. The van der Waals surface area contributed by atoms with Crippen molar-refractivity contribution in [2.45, 2.75) is 23.9 Å². The fourth-order valence-corrected chi connectivity index (χ4v) is 5.39. The maximum atomic E-state index is 13.1. The third kappa shape index (κ3) is 7.38. The van der Waals surface area contributed by atoms with Gasteiger partial charge in [0.05, 0.1) is 50.9 Å². The lowest BCUT2D eigenvalue weighted by atomic mass is 10.1. The van der Waals surface area contributed by atoms with E-state index >= 15 is 0 Å². The maximum Gasteiger partial charge on any atom is 0.339 e. The van der Waals surface area contributed by atoms with Crippen molar-refractivity contribution in [1.29, 1.82) is 0 Å². The van der Waals surface area contributed by atoms with Crippen LogP contribution in [0.25, 0.3) is 11.3 Å². The number of Topliss-reactive ketones (excluding diaryl/α,β-unsaturated/α-hetero) is 1. The molecule has 0 bridgehead atoms. The normalized spacial score (nSPS) is 12.0. The zero-order valence-electron chi connectivity index (χ0n) is 22.0. The number of rotatable bonds is 12. The van der Waals surface area contributed by atoms with Crippen LogP contribution in [0, 0.1) is 0 Å². The van der Waals surface area contributed by atoms with Crippen molar-refractivity contribution in [3.05, 3.63) is 93.7 Å². The molecular weight excluding hydrogens is 643 g/mol. The van der Waals surface area contributed by atoms with E-state index in [2.05, 4.69) is 20.0 Å². The van der Waals surface area contributed by atoms with Crippen molar-refractivity contribution in [2.75, 3.05) is 0 Å². The number of aliphatic carboxylic acids is 1. The van der Waals surface area contributed by atoms with Gasteiger partial charge in [0.15, 0.2) is 5.76 Å². The Bertz CT molecular complexity index is 1860. The largest absolute Gasteiger partial charge is 0.507 e. The molecule has 0 aliphatic heterocycles. The number of oxazole rings is 1. The number of aromatic hydroxyl groups is 1. The second-order valence-corrected chi connectivity index (χ2v) is 11.5. The summed E-state index contributed by atoms with van der Waals surface area (Å²) >= 11 is 12.3. The van der Waals surface area contributed by atoms with Crippen LogP contribution in [0.2, 0.25) is 10.0 Å². The third-order valence-electron chi connectivity index (χ3n) is 5.97. The zero-order valence-corrected chi connectivity index (χ0v) is 24.4. The quantitative estimate of drug-likeness (QED) is 0.138. The Morgan fingerprint density at radius 2 is 1.66 bits per heavy atom. The number of benzene rings is 2. The van der Waals surface area contributed by atoms with Gasteiger partial charge in [-0.3, -0.25) is 19.4 Å². The molecule has 0 fully saturated rings. The van der Waals surface area contributed by atoms with E-state index in [0.717, 1.165) is 24.4 Å². The average Bonchev–Trinajstić information content (AvgIpc) is 3.45. The van der Waals surface area contributed by atoms with Gasteiger partial charge in [-0.1, -0.05) is 29.3 Å². The molecule has 44 heavy (non-hydrogen) atoms. The highest BCUT2D eigenvalue weighted by molar-refractivity contribution is 7.89. The van der Waals surface area contributed by atoms with Crippen LogP contribution in [0.3, 0.4) is 0 Å². The summed E-state index contributed by atoms with van der Waals surface area (Å²) in [7, 11) is -4.21. The molecular formula is C27H20Cl2N4O10S. The predicted molar refractivity (Wildman–Crippen MR) is 153 cm³/mol. The highest BCUT2D eigenvalue weighted by Crippen LogP contribution is 2.35. The van der Waals surface area contributed by atoms with Gasteiger partial charge in [0, 0.05) is 6.20 Å². The number of carbonyl (C=O) groups excluding carboxylic acids is 2. The first kappa shape index (κ1) is 32.1. The topological polar surface area (TPSA) is 226 Å². The summed E-state index contributed by atoms with van der Waals surface area (Å²) < 4.78 is 32.9. The lowest BCUT2D eigenvalue weighted by Gasteiger charge is -2.14. The third-order valence-corrected chi connectivity index (χ3v) is 7.99. The Morgan fingerprint density at radius 1 is 0.955 bits per heavy atom. The van der Waals surface area contributed by atoms with Crippen molar-refractivity contribution >= 4 is 56.9 Å². The van der Waals surface area contributed by atoms with E-state index in [1.165, 1.54) is 18.3 Å². The van der Waals surface area contributed by atoms with Gasteiger partial charge < -0.3 is 25.1 Å². The minimum Gasteiger partial charge on any atom is -0.507 e. The van der Waals surface area contributed by atoms with Crippen molar-refractivity contribution in [3.63, 3.8) is 0 Å². The van der Waals surface area contributed by atoms with E-state index in [9.17, 15) is 37.8 Å². The van der Waals surface area contributed by atoms with Crippen LogP contribution in [0.4, 0.5) is 0 Å². The van der Waals surface area contributed by atoms with Gasteiger partial charge in [-0.2, -0.15) is 0 Å². The molecule has 0 aliphatic carbocycles. The number of ketones is 1. The van der Waals surface area contributed by atoms with Crippen molar-refractivity contribution in [1.82, 2.24) is 20.0 Å². The molecule has 4 aromatic rings. The Hall–Kier alpha value is -4.83. The summed E-state index contributed by atoms with van der Waals surface area (Å²) in [6.07, 6.45) is 1.46. The summed E-state index contributed by atoms with van der Waals surface area (Å²) in [5.74, 6) is -5.76. The Balaban J connectivity index is 1.44. The highest BCUT2D eigenvalue weighted by atomic mass is 35.5. The van der Waals surface area contributed by atoms with Gasteiger partial charge in [0.25, 0.3) is 11.8 Å². The molecule has 2 heterocycles. The summed E-state index contributed by atoms with van der Waals surface area (Å²) in [4.78, 5) is 56.0. The van der Waals surface area contributed by atoms with Gasteiger partial charge in [-0.05, 0) is 42.5 Å². The molecule has 4 rings (SSSR count). The Kier molecular flexibility index (Phi) is 9.64. The van der Waals surface area contributed by atoms with E-state index in [1.807, 2.05) is 0 Å². The first-order valence-electron chi connectivity index (χ1n) is 12.2. The minimum atomic E-state index is -4.21. The number of carboxylic acids is 2. The molecule has 1 amide bonds. The van der Waals surface area contributed by atoms with E-state index in [-0.39, 0.29) is 39.2 Å². The maximum absolute atomic E-state index is 13.1. The van der Waals surface area contributed by atoms with Crippen LogP contribution in [-0.4, -0.2) is 63.4 Å². The summed E-state index contributed by atoms with van der Waals surface area (Å²) in [5, 5.41) is 30.8. The standard InChI is InChI=1S/C27H20Cl2N4O10S/c28-17-2-1-3-18(29)23(17)21-12-31-26(43-21)24(37)19(9-22(35)36)33-25(38)13-4-5-14(30-10-13)11-32-44(41,42)15-6-7-20(34)16(8-15)27(39)40/h1-8,10,12,19,32,34H,9,11H2,(H,33,38)(H,35,36)(H,39,40)/t19-/m0/s1. The van der Waals surface area contributed by atoms with Crippen LogP contribution in [0.15, 0.2) is 70.2 Å². The summed E-state index contributed by atoms with van der Waals surface area (Å²) in [5.41, 5.74) is -0.261. The van der Waals surface area contributed by atoms with Gasteiger partial charge in [0.1, 0.15) is 17.4 Å². The SMILES string of the molecule is O=C(O)C[C@H](NC(=O)c1ccc(CNS(=O)(=O)c2ccc(O)c(C(=O)O)c2)nc1)C(=O)c1ncc(-c2c(Cl)cccc2Cl)o1.